The molecule has 1 aromatic carbocycles. The molecule has 0 spiro atoms. The van der Waals surface area contributed by atoms with Gasteiger partial charge in [-0.25, -0.2) is 4.79 Å². The lowest BCUT2D eigenvalue weighted by Gasteiger charge is -2.05. The highest BCUT2D eigenvalue weighted by Crippen LogP contribution is 2.11. The average Bonchev–Trinajstić information content (AvgIpc) is 2.30. The summed E-state index contributed by atoms with van der Waals surface area (Å²) in [7, 11) is 0. The molecule has 0 amide bonds. The topological polar surface area (TPSA) is 79.9 Å². The van der Waals surface area contributed by atoms with Crippen molar-refractivity contribution in [2.45, 2.75) is 6.92 Å². The molecule has 0 saturated heterocycles. The number of anilines is 2. The number of aromatic amines is 1. The third-order valence-electron chi connectivity index (χ3n) is 1.94. The predicted octanol–water partition coefficient (Wildman–Crippen LogP) is 1.31. The summed E-state index contributed by atoms with van der Waals surface area (Å²) >= 11 is 0. The molecule has 2 aromatic rings. The number of H-pyrrole nitrogens is 1. The van der Waals surface area contributed by atoms with Gasteiger partial charge in [0, 0.05) is 5.69 Å². The van der Waals surface area contributed by atoms with Crippen LogP contribution in [-0.2, 0) is 0 Å². The number of benzene rings is 1. The molecule has 0 aliphatic rings. The van der Waals surface area contributed by atoms with Crippen LogP contribution in [0.25, 0.3) is 0 Å². The molecule has 2 rings (SSSR count). The van der Waals surface area contributed by atoms with Crippen LogP contribution in [-0.4, -0.2) is 21.6 Å². The summed E-state index contributed by atoms with van der Waals surface area (Å²) in [5.41, 5.74) is 0.325. The summed E-state index contributed by atoms with van der Waals surface area (Å²) < 4.78 is 5.08. The van der Waals surface area contributed by atoms with Gasteiger partial charge in [-0.2, -0.15) is 4.98 Å². The van der Waals surface area contributed by atoms with Crippen molar-refractivity contribution >= 4 is 11.6 Å². The Kier molecular flexibility index (Phi) is 3.34. The van der Waals surface area contributed by atoms with E-state index in [4.69, 9.17) is 4.74 Å². The zero-order valence-electron chi connectivity index (χ0n) is 9.30. The maximum absolute atomic E-state index is 11.2. The SMILES string of the molecule is CCOc1nc(Nc2ccccc2)[nH]c(=O)n1. The Morgan fingerprint density at radius 3 is 2.76 bits per heavy atom. The van der Waals surface area contributed by atoms with Crippen LogP contribution in [0.3, 0.4) is 0 Å². The standard InChI is InChI=1S/C11H12N4O2/c1-2-17-11-14-9(13-10(16)15-11)12-8-6-4-3-5-7-8/h3-7H,2H2,1H3,(H2,12,13,14,15,16). The highest BCUT2D eigenvalue weighted by atomic mass is 16.5. The molecule has 0 radical (unpaired) electrons. The minimum atomic E-state index is -0.498. The van der Waals surface area contributed by atoms with Gasteiger partial charge in [0.2, 0.25) is 5.95 Å². The maximum atomic E-state index is 11.2. The number of hydrogen-bond acceptors (Lipinski definition) is 5. The highest BCUT2D eigenvalue weighted by molar-refractivity contribution is 5.52. The van der Waals surface area contributed by atoms with Gasteiger partial charge < -0.3 is 10.1 Å². The third kappa shape index (κ3) is 3.04. The van der Waals surface area contributed by atoms with Gasteiger partial charge in [0.15, 0.2) is 0 Å². The summed E-state index contributed by atoms with van der Waals surface area (Å²) in [4.78, 5) is 21.3. The van der Waals surface area contributed by atoms with Crippen LogP contribution in [0.15, 0.2) is 35.1 Å². The van der Waals surface area contributed by atoms with E-state index in [9.17, 15) is 4.79 Å². The molecule has 6 heteroatoms. The minimum Gasteiger partial charge on any atom is -0.464 e. The van der Waals surface area contributed by atoms with Crippen LogP contribution in [0.2, 0.25) is 0 Å². The first-order chi connectivity index (χ1) is 8.28. The van der Waals surface area contributed by atoms with E-state index in [2.05, 4.69) is 20.3 Å². The van der Waals surface area contributed by atoms with Crippen LogP contribution in [0.5, 0.6) is 6.01 Å². The fourth-order valence-electron chi connectivity index (χ4n) is 1.28. The molecule has 0 bridgehead atoms. The molecule has 1 heterocycles. The lowest BCUT2D eigenvalue weighted by molar-refractivity contribution is 0.310. The lowest BCUT2D eigenvalue weighted by atomic mass is 10.3. The monoisotopic (exact) mass is 232 g/mol. The number of nitrogens with zero attached hydrogens (tertiary/aromatic N) is 2. The van der Waals surface area contributed by atoms with Crippen molar-refractivity contribution < 1.29 is 4.74 Å². The van der Waals surface area contributed by atoms with Crippen molar-refractivity contribution in [3.63, 3.8) is 0 Å². The number of nitrogens with one attached hydrogen (secondary N) is 2. The van der Waals surface area contributed by atoms with Crippen LogP contribution in [0, 0.1) is 0 Å². The second kappa shape index (κ2) is 5.11. The van der Waals surface area contributed by atoms with Gasteiger partial charge in [0.1, 0.15) is 0 Å². The Morgan fingerprint density at radius 1 is 1.29 bits per heavy atom. The molecule has 0 aliphatic carbocycles. The van der Waals surface area contributed by atoms with Gasteiger partial charge in [0.25, 0.3) is 0 Å². The van der Waals surface area contributed by atoms with Crippen molar-refractivity contribution in [1.29, 1.82) is 0 Å². The van der Waals surface area contributed by atoms with Gasteiger partial charge in [-0.1, -0.05) is 18.2 Å². The molecule has 0 aliphatic heterocycles. The first-order valence-corrected chi connectivity index (χ1v) is 5.21. The molecule has 0 saturated carbocycles. The largest absolute Gasteiger partial charge is 0.464 e. The molecule has 88 valence electrons. The fourth-order valence-corrected chi connectivity index (χ4v) is 1.28. The third-order valence-corrected chi connectivity index (χ3v) is 1.94. The Labute approximate surface area is 97.7 Å². The molecule has 0 fully saturated rings. The Balaban J connectivity index is 2.24. The minimum absolute atomic E-state index is 0.0645. The number of aromatic nitrogens is 3. The normalized spacial score (nSPS) is 9.94. The van der Waals surface area contributed by atoms with Crippen molar-refractivity contribution in [2.75, 3.05) is 11.9 Å². The molecule has 17 heavy (non-hydrogen) atoms. The van der Waals surface area contributed by atoms with E-state index in [1.165, 1.54) is 0 Å². The van der Waals surface area contributed by atoms with Crippen molar-refractivity contribution in [3.8, 4) is 6.01 Å². The molecule has 2 N–H and O–H groups in total. The summed E-state index contributed by atoms with van der Waals surface area (Å²) in [5, 5.41) is 2.96. The van der Waals surface area contributed by atoms with E-state index in [-0.39, 0.29) is 6.01 Å². The van der Waals surface area contributed by atoms with Crippen molar-refractivity contribution in [1.82, 2.24) is 15.0 Å². The van der Waals surface area contributed by atoms with E-state index in [0.29, 0.717) is 12.6 Å². The number of hydrogen-bond donors (Lipinski definition) is 2. The number of rotatable bonds is 4. The van der Waals surface area contributed by atoms with Crippen LogP contribution >= 0.6 is 0 Å². The maximum Gasteiger partial charge on any atom is 0.352 e. The number of ether oxygens (including phenoxy) is 1. The zero-order valence-corrected chi connectivity index (χ0v) is 9.30. The van der Waals surface area contributed by atoms with Crippen LogP contribution in [0.4, 0.5) is 11.6 Å². The molecule has 0 unspecified atom stereocenters. The summed E-state index contributed by atoms with van der Waals surface area (Å²) in [6.07, 6.45) is 0. The first kappa shape index (κ1) is 11.1. The Bertz CT molecular complexity index is 539. The van der Waals surface area contributed by atoms with E-state index in [1.807, 2.05) is 30.3 Å². The van der Waals surface area contributed by atoms with E-state index in [0.717, 1.165) is 5.69 Å². The van der Waals surface area contributed by atoms with E-state index < -0.39 is 5.69 Å². The summed E-state index contributed by atoms with van der Waals surface area (Å²) in [6, 6.07) is 9.45. The van der Waals surface area contributed by atoms with Gasteiger partial charge in [-0.3, -0.25) is 4.98 Å². The van der Waals surface area contributed by atoms with Gasteiger partial charge in [-0.05, 0) is 19.1 Å². The van der Waals surface area contributed by atoms with E-state index >= 15 is 0 Å². The van der Waals surface area contributed by atoms with Gasteiger partial charge in [-0.15, -0.1) is 4.98 Å². The van der Waals surface area contributed by atoms with Crippen LogP contribution in [0.1, 0.15) is 6.92 Å². The van der Waals surface area contributed by atoms with E-state index in [1.54, 1.807) is 6.92 Å². The lowest BCUT2D eigenvalue weighted by Crippen LogP contribution is -2.16. The molecule has 1 aromatic heterocycles. The second-order valence-corrected chi connectivity index (χ2v) is 3.21. The van der Waals surface area contributed by atoms with Gasteiger partial charge in [0.05, 0.1) is 6.61 Å². The van der Waals surface area contributed by atoms with Crippen molar-refractivity contribution in [3.05, 3.63) is 40.8 Å². The Hall–Kier alpha value is -2.37. The average molecular weight is 232 g/mol. The molecular formula is C11H12N4O2. The quantitative estimate of drug-likeness (QED) is 0.830. The van der Waals surface area contributed by atoms with Crippen LogP contribution < -0.4 is 15.7 Å². The number of para-hydroxylation sites is 1. The molecule has 0 atom stereocenters. The van der Waals surface area contributed by atoms with Gasteiger partial charge >= 0.3 is 11.7 Å². The zero-order chi connectivity index (χ0) is 12.1. The predicted molar refractivity (Wildman–Crippen MR) is 63.5 cm³/mol. The molecule has 6 nitrogen and oxygen atoms in total. The second-order valence-electron chi connectivity index (χ2n) is 3.21. The van der Waals surface area contributed by atoms with Crippen molar-refractivity contribution in [2.24, 2.45) is 0 Å². The summed E-state index contributed by atoms with van der Waals surface area (Å²) in [5.74, 6) is 0.305. The highest BCUT2D eigenvalue weighted by Gasteiger charge is 2.03. The fraction of sp³-hybridized carbons (Fsp3) is 0.182. The smallest absolute Gasteiger partial charge is 0.352 e. The Morgan fingerprint density at radius 2 is 2.06 bits per heavy atom. The summed E-state index contributed by atoms with van der Waals surface area (Å²) in [6.45, 7) is 2.21. The first-order valence-electron chi connectivity index (χ1n) is 5.21. The molecular weight excluding hydrogens is 220 g/mol.